The van der Waals surface area contributed by atoms with E-state index in [1.54, 1.807) is 0 Å². The van der Waals surface area contributed by atoms with Crippen LogP contribution in [-0.4, -0.2) is 4.32 Å². The first-order valence-electron chi connectivity index (χ1n) is 6.79. The molecule has 0 atom stereocenters. The van der Waals surface area contributed by atoms with Gasteiger partial charge in [-0.3, -0.25) is 4.90 Å². The predicted molar refractivity (Wildman–Crippen MR) is 102 cm³/mol. The van der Waals surface area contributed by atoms with Crippen molar-refractivity contribution in [3.05, 3.63) is 97.6 Å². The molecule has 0 N–H and O–H groups in total. The van der Waals surface area contributed by atoms with Gasteiger partial charge in [0.25, 0.3) is 0 Å². The van der Waals surface area contributed by atoms with Crippen LogP contribution in [0, 0.1) is 6.65 Å². The second kappa shape index (κ2) is 13.7. The molecular formula is C19H16FeNOS2-. The van der Waals surface area contributed by atoms with Crippen LogP contribution in [0.2, 0.25) is 0 Å². The molecule has 0 saturated carbocycles. The summed E-state index contributed by atoms with van der Waals surface area (Å²) < 4.78 is 8.04. The maximum absolute atomic E-state index is 7.50. The smallest absolute Gasteiger partial charge is 0.152 e. The Hall–Kier alpha value is -1.71. The van der Waals surface area contributed by atoms with Gasteiger partial charge in [0.15, 0.2) is 12.2 Å². The molecule has 0 saturated heterocycles. The van der Waals surface area contributed by atoms with E-state index in [4.69, 9.17) is 17.3 Å². The third-order valence-corrected chi connectivity index (χ3v) is 3.16. The van der Waals surface area contributed by atoms with Crippen molar-refractivity contribution in [3.63, 3.8) is 0 Å². The van der Waals surface area contributed by atoms with Crippen LogP contribution in [0.1, 0.15) is 0 Å². The Kier molecular flexibility index (Phi) is 12.7. The number of para-hydroxylation sites is 2. The van der Waals surface area contributed by atoms with Gasteiger partial charge in [0.05, 0.1) is 0 Å². The van der Waals surface area contributed by atoms with Crippen molar-refractivity contribution in [1.29, 1.82) is 0 Å². The zero-order chi connectivity index (χ0) is 16.9. The van der Waals surface area contributed by atoms with E-state index in [0.717, 1.165) is 11.4 Å². The van der Waals surface area contributed by atoms with Crippen LogP contribution < -0.4 is 4.90 Å². The molecule has 5 heteroatoms. The predicted octanol–water partition coefficient (Wildman–Crippen LogP) is 4.10. The van der Waals surface area contributed by atoms with Crippen molar-refractivity contribution in [2.24, 2.45) is 0 Å². The van der Waals surface area contributed by atoms with Gasteiger partial charge < -0.3 is 12.6 Å². The fourth-order valence-electron chi connectivity index (χ4n) is 1.84. The van der Waals surface area contributed by atoms with Crippen LogP contribution in [0.25, 0.3) is 0 Å². The maximum atomic E-state index is 7.50. The Morgan fingerprint density at radius 3 is 1.46 bits per heavy atom. The largest absolute Gasteiger partial charge is 0.672 e. The van der Waals surface area contributed by atoms with Crippen LogP contribution in [0.5, 0.6) is 0 Å². The van der Waals surface area contributed by atoms with Gasteiger partial charge in [0.1, 0.15) is 4.32 Å². The topological polar surface area (TPSA) is 23.1 Å². The Labute approximate surface area is 164 Å². The summed E-state index contributed by atoms with van der Waals surface area (Å²) in [4.78, 5) is 1.93. The summed E-state index contributed by atoms with van der Waals surface area (Å²) in [6.45, 7) is 4.50. The summed E-state index contributed by atoms with van der Waals surface area (Å²) >= 11 is 9.44. The number of thiol groups is 1. The average molecular weight is 394 g/mol. The molecule has 2 nitrogen and oxygen atoms in total. The van der Waals surface area contributed by atoms with Crippen molar-refractivity contribution in [1.82, 2.24) is 0 Å². The van der Waals surface area contributed by atoms with Crippen molar-refractivity contribution in [2.75, 3.05) is 4.90 Å². The van der Waals surface area contributed by atoms with E-state index in [1.165, 1.54) is 0 Å². The molecule has 3 rings (SSSR count). The molecule has 0 aromatic heterocycles. The summed E-state index contributed by atoms with van der Waals surface area (Å²) in [5, 5.41) is 0. The second-order valence-corrected chi connectivity index (χ2v) is 5.36. The minimum absolute atomic E-state index is 0. The van der Waals surface area contributed by atoms with Crippen LogP contribution in [0.4, 0.5) is 11.4 Å². The molecule has 3 aromatic rings. The molecule has 0 aliphatic carbocycles. The summed E-state index contributed by atoms with van der Waals surface area (Å²) in [6.07, 6.45) is 0. The SMILES string of the molecule is [C-]#[O+].[Fe].[S-]C(=[SH+])N(c1ccccc1)c1ccccc1.c1cc[cH-]c1. The molecule has 124 valence electrons. The third-order valence-electron chi connectivity index (χ3n) is 2.78. The van der Waals surface area contributed by atoms with E-state index in [9.17, 15) is 0 Å². The summed E-state index contributed by atoms with van der Waals surface area (Å²) in [7, 11) is 0. The standard InChI is InChI=1S/C13H11NS2.C5H5.CO.Fe/c15-13(16)14(11-7-3-1-4-8-11)12-9-5-2-6-10-12;1-2-4-5-3-1;1-2;/h1-10H,(H,15,16);1-5H;;/q;-1;;. The van der Waals surface area contributed by atoms with Crippen molar-refractivity contribution in [3.8, 4) is 0 Å². The summed E-state index contributed by atoms with van der Waals surface area (Å²) in [5.41, 5.74) is 2.04. The van der Waals surface area contributed by atoms with Gasteiger partial charge in [-0.05, 0) is 24.3 Å². The van der Waals surface area contributed by atoms with E-state index in [2.05, 4.69) is 18.9 Å². The van der Waals surface area contributed by atoms with E-state index < -0.39 is 0 Å². The van der Waals surface area contributed by atoms with Crippen LogP contribution >= 0.6 is 0 Å². The first-order chi connectivity index (χ1) is 11.3. The monoisotopic (exact) mass is 394 g/mol. The molecule has 24 heavy (non-hydrogen) atoms. The fraction of sp³-hybridized carbons (Fsp3) is 0. The molecule has 0 radical (unpaired) electrons. The van der Waals surface area contributed by atoms with E-state index in [1.807, 2.05) is 95.9 Å². The number of nitrogens with zero attached hydrogens (tertiary/aromatic N) is 1. The molecule has 0 spiro atoms. The first kappa shape index (κ1) is 22.3. The molecule has 0 aliphatic rings. The number of hydrogen-bond donors (Lipinski definition) is 0. The number of rotatable bonds is 2. The first-order valence-corrected chi connectivity index (χ1v) is 7.65. The number of anilines is 2. The average Bonchev–Trinajstić information content (AvgIpc) is 3.18. The molecule has 0 amide bonds. The molecule has 3 aromatic carbocycles. The van der Waals surface area contributed by atoms with Crippen LogP contribution in [-0.2, 0) is 46.6 Å². The van der Waals surface area contributed by atoms with Gasteiger partial charge in [-0.25, -0.2) is 12.1 Å². The molecule has 0 fully saturated rings. The van der Waals surface area contributed by atoms with Crippen molar-refractivity contribution in [2.45, 2.75) is 0 Å². The number of hydrogen-bond acceptors (Lipinski definition) is 1. The maximum Gasteiger partial charge on any atom is 0.152 e. The second-order valence-electron chi connectivity index (χ2n) is 4.25. The van der Waals surface area contributed by atoms with Gasteiger partial charge >= 0.3 is 11.3 Å². The van der Waals surface area contributed by atoms with E-state index >= 15 is 0 Å². The Bertz CT molecular complexity index is 628. The van der Waals surface area contributed by atoms with Crippen LogP contribution in [0.15, 0.2) is 91.0 Å². The quantitative estimate of drug-likeness (QED) is 0.163. The zero-order valence-electron chi connectivity index (χ0n) is 12.7. The molecule has 0 bridgehead atoms. The minimum Gasteiger partial charge on any atom is -0.672 e. The molecule has 0 unspecified atom stereocenters. The Morgan fingerprint density at radius 2 is 1.21 bits per heavy atom. The van der Waals surface area contributed by atoms with Crippen molar-refractivity contribution < 1.29 is 21.7 Å². The Morgan fingerprint density at radius 1 is 0.833 bits per heavy atom. The zero-order valence-corrected chi connectivity index (χ0v) is 15.5. The van der Waals surface area contributed by atoms with Gasteiger partial charge in [0.2, 0.25) is 0 Å². The fourth-order valence-corrected chi connectivity index (χ4v) is 2.29. The number of benzene rings is 2. The third kappa shape index (κ3) is 7.71. The van der Waals surface area contributed by atoms with Crippen molar-refractivity contribution >= 4 is 40.5 Å². The summed E-state index contributed by atoms with van der Waals surface area (Å²) in [5.74, 6) is 0. The Balaban J connectivity index is 0.000000560. The van der Waals surface area contributed by atoms with Gasteiger partial charge in [-0.2, -0.15) is 18.2 Å². The molecule has 0 heterocycles. The van der Waals surface area contributed by atoms with Crippen LogP contribution in [0.3, 0.4) is 0 Å². The molecular weight excluding hydrogens is 378 g/mol. The van der Waals surface area contributed by atoms with E-state index in [0.29, 0.717) is 4.32 Å². The normalized spacial score (nSPS) is 8.29. The van der Waals surface area contributed by atoms with Gasteiger partial charge in [0, 0.05) is 28.4 Å². The van der Waals surface area contributed by atoms with Gasteiger partial charge in [-0.1, -0.05) is 36.4 Å². The van der Waals surface area contributed by atoms with E-state index in [-0.39, 0.29) is 17.1 Å². The summed E-state index contributed by atoms with van der Waals surface area (Å²) in [6, 6.07) is 29.9. The minimum atomic E-state index is 0. The van der Waals surface area contributed by atoms with Gasteiger partial charge in [-0.15, -0.1) is 0 Å². The molecule has 0 aliphatic heterocycles.